The molecule has 1 atom stereocenters. The van der Waals surface area contributed by atoms with E-state index in [1.165, 1.54) is 12.1 Å². The SMILES string of the molecule is COCCCN1C(=O)c2n[nH]c(-c3cccs3)c2C1c1cccc(F)c1. The van der Waals surface area contributed by atoms with Gasteiger partial charge >= 0.3 is 0 Å². The summed E-state index contributed by atoms with van der Waals surface area (Å²) >= 11 is 1.58. The van der Waals surface area contributed by atoms with Crippen LogP contribution in [0.2, 0.25) is 0 Å². The molecule has 1 aromatic carbocycles. The first kappa shape index (κ1) is 16.9. The van der Waals surface area contributed by atoms with Crippen LogP contribution in [-0.4, -0.2) is 41.3 Å². The van der Waals surface area contributed by atoms with E-state index < -0.39 is 0 Å². The second-order valence-electron chi connectivity index (χ2n) is 6.14. The second-order valence-corrected chi connectivity index (χ2v) is 7.09. The van der Waals surface area contributed by atoms with Gasteiger partial charge in [-0.1, -0.05) is 18.2 Å². The number of nitrogens with one attached hydrogen (secondary N) is 1. The van der Waals surface area contributed by atoms with Crippen molar-refractivity contribution in [3.05, 3.63) is 64.4 Å². The lowest BCUT2D eigenvalue weighted by atomic mass is 9.98. The lowest BCUT2D eigenvalue weighted by Gasteiger charge is -2.26. The fourth-order valence-electron chi connectivity index (χ4n) is 3.43. The molecule has 0 fully saturated rings. The van der Waals surface area contributed by atoms with Crippen molar-refractivity contribution in [3.8, 4) is 10.6 Å². The van der Waals surface area contributed by atoms with E-state index in [-0.39, 0.29) is 17.8 Å². The molecule has 0 bridgehead atoms. The Kier molecular flexibility index (Phi) is 4.57. The Morgan fingerprint density at radius 1 is 1.35 bits per heavy atom. The van der Waals surface area contributed by atoms with Crippen molar-refractivity contribution in [2.45, 2.75) is 12.5 Å². The number of hydrogen-bond acceptors (Lipinski definition) is 4. The monoisotopic (exact) mass is 371 g/mol. The number of H-pyrrole nitrogens is 1. The van der Waals surface area contributed by atoms with E-state index in [9.17, 15) is 9.18 Å². The van der Waals surface area contributed by atoms with Gasteiger partial charge in [-0.05, 0) is 35.6 Å². The Hall–Kier alpha value is -2.51. The van der Waals surface area contributed by atoms with E-state index in [0.717, 1.165) is 21.7 Å². The van der Waals surface area contributed by atoms with Gasteiger partial charge < -0.3 is 9.64 Å². The number of carbonyl (C=O) groups is 1. The van der Waals surface area contributed by atoms with E-state index in [0.29, 0.717) is 25.3 Å². The summed E-state index contributed by atoms with van der Waals surface area (Å²) in [6, 6.07) is 10.0. The third kappa shape index (κ3) is 2.83. The zero-order valence-electron chi connectivity index (χ0n) is 14.2. The number of ether oxygens (including phenoxy) is 1. The molecule has 0 saturated carbocycles. The minimum Gasteiger partial charge on any atom is -0.385 e. The Morgan fingerprint density at radius 2 is 2.23 bits per heavy atom. The highest BCUT2D eigenvalue weighted by molar-refractivity contribution is 7.13. The van der Waals surface area contributed by atoms with Crippen LogP contribution in [0.3, 0.4) is 0 Å². The number of aromatic nitrogens is 2. The molecule has 3 heterocycles. The number of amides is 1. The summed E-state index contributed by atoms with van der Waals surface area (Å²) in [4.78, 5) is 15.7. The average molecular weight is 371 g/mol. The third-order valence-corrected chi connectivity index (χ3v) is 5.42. The number of fused-ring (bicyclic) bond motifs is 1. The highest BCUT2D eigenvalue weighted by atomic mass is 32.1. The molecule has 1 aliphatic heterocycles. The zero-order chi connectivity index (χ0) is 18.1. The van der Waals surface area contributed by atoms with E-state index in [1.54, 1.807) is 29.4 Å². The molecular formula is C19H18FN3O2S. The van der Waals surface area contributed by atoms with Gasteiger partial charge in [0, 0.05) is 25.8 Å². The predicted molar refractivity (Wildman–Crippen MR) is 97.7 cm³/mol. The van der Waals surface area contributed by atoms with Gasteiger partial charge in [-0.25, -0.2) is 4.39 Å². The van der Waals surface area contributed by atoms with Crippen molar-refractivity contribution < 1.29 is 13.9 Å². The molecule has 3 aromatic rings. The molecule has 2 aromatic heterocycles. The standard InChI is InChI=1S/C19H18FN3O2S/c1-25-9-4-8-23-18(12-5-2-6-13(20)11-12)15-16(14-7-3-10-26-14)21-22-17(15)19(23)24/h2-3,5-7,10-11,18H,4,8-9H2,1H3,(H,21,22). The second kappa shape index (κ2) is 7.01. The number of nitrogens with zero attached hydrogens (tertiary/aromatic N) is 2. The molecule has 0 aliphatic carbocycles. The van der Waals surface area contributed by atoms with Crippen molar-refractivity contribution in [1.82, 2.24) is 15.1 Å². The summed E-state index contributed by atoms with van der Waals surface area (Å²) in [5, 5.41) is 9.26. The summed E-state index contributed by atoms with van der Waals surface area (Å²) in [6.45, 7) is 1.08. The Labute approximate surface area is 154 Å². The van der Waals surface area contributed by atoms with Crippen LogP contribution in [0, 0.1) is 5.82 Å². The third-order valence-electron chi connectivity index (χ3n) is 4.53. The topological polar surface area (TPSA) is 58.2 Å². The highest BCUT2D eigenvalue weighted by Crippen LogP contribution is 2.43. The van der Waals surface area contributed by atoms with Crippen molar-refractivity contribution in [2.75, 3.05) is 20.3 Å². The summed E-state index contributed by atoms with van der Waals surface area (Å²) in [6.07, 6.45) is 0.705. The number of halogens is 1. The molecule has 0 radical (unpaired) electrons. The fraction of sp³-hybridized carbons (Fsp3) is 0.263. The zero-order valence-corrected chi connectivity index (χ0v) is 15.1. The first-order chi connectivity index (χ1) is 12.7. The number of thiophene rings is 1. The van der Waals surface area contributed by atoms with Crippen molar-refractivity contribution >= 4 is 17.2 Å². The summed E-state index contributed by atoms with van der Waals surface area (Å²) in [5.74, 6) is -0.453. The number of methoxy groups -OCH3 is 1. The average Bonchev–Trinajstić information content (AvgIpc) is 3.34. The van der Waals surface area contributed by atoms with Crippen LogP contribution in [0.1, 0.15) is 34.1 Å². The predicted octanol–water partition coefficient (Wildman–Crippen LogP) is 3.86. The van der Waals surface area contributed by atoms with Gasteiger partial charge in [-0.2, -0.15) is 5.10 Å². The normalized spacial score (nSPS) is 16.3. The molecule has 0 spiro atoms. The fourth-order valence-corrected chi connectivity index (χ4v) is 4.17. The van der Waals surface area contributed by atoms with Crippen LogP contribution in [0.15, 0.2) is 41.8 Å². The lowest BCUT2D eigenvalue weighted by Crippen LogP contribution is -2.31. The van der Waals surface area contributed by atoms with Crippen LogP contribution >= 0.6 is 11.3 Å². The van der Waals surface area contributed by atoms with Crippen LogP contribution in [0.4, 0.5) is 4.39 Å². The van der Waals surface area contributed by atoms with Gasteiger partial charge in [0.25, 0.3) is 5.91 Å². The van der Waals surface area contributed by atoms with Gasteiger partial charge in [0.15, 0.2) is 5.69 Å². The van der Waals surface area contributed by atoms with Gasteiger partial charge in [0.05, 0.1) is 16.6 Å². The smallest absolute Gasteiger partial charge is 0.275 e. The molecule has 0 saturated heterocycles. The minimum absolute atomic E-state index is 0.135. The molecule has 1 N–H and O–H groups in total. The molecule has 134 valence electrons. The van der Waals surface area contributed by atoms with Gasteiger partial charge in [-0.15, -0.1) is 11.3 Å². The van der Waals surface area contributed by atoms with Crippen molar-refractivity contribution in [3.63, 3.8) is 0 Å². The van der Waals surface area contributed by atoms with Crippen molar-refractivity contribution in [2.24, 2.45) is 0 Å². The van der Waals surface area contributed by atoms with Crippen LogP contribution in [0.5, 0.6) is 0 Å². The molecule has 4 rings (SSSR count). The van der Waals surface area contributed by atoms with Gasteiger partial charge in [0.2, 0.25) is 0 Å². The van der Waals surface area contributed by atoms with E-state index in [1.807, 2.05) is 23.6 Å². The number of aromatic amines is 1. The quantitative estimate of drug-likeness (QED) is 0.670. The first-order valence-electron chi connectivity index (χ1n) is 8.38. The summed E-state index contributed by atoms with van der Waals surface area (Å²) in [5.41, 5.74) is 2.81. The van der Waals surface area contributed by atoms with Crippen molar-refractivity contribution in [1.29, 1.82) is 0 Å². The molecule has 7 heteroatoms. The molecule has 1 unspecified atom stereocenters. The largest absolute Gasteiger partial charge is 0.385 e. The lowest BCUT2D eigenvalue weighted by molar-refractivity contribution is 0.0723. The maximum absolute atomic E-state index is 13.9. The maximum atomic E-state index is 13.9. The highest BCUT2D eigenvalue weighted by Gasteiger charge is 2.42. The van der Waals surface area contributed by atoms with Crippen LogP contribution < -0.4 is 0 Å². The van der Waals surface area contributed by atoms with Crippen LogP contribution in [0.25, 0.3) is 10.6 Å². The van der Waals surface area contributed by atoms with Gasteiger partial charge in [0.1, 0.15) is 5.82 Å². The number of rotatable bonds is 6. The maximum Gasteiger partial charge on any atom is 0.275 e. The number of hydrogen-bond donors (Lipinski definition) is 1. The Morgan fingerprint density at radius 3 is 2.96 bits per heavy atom. The van der Waals surface area contributed by atoms with E-state index in [4.69, 9.17) is 4.74 Å². The Balaban J connectivity index is 1.81. The Bertz CT molecular complexity index is 923. The minimum atomic E-state index is -0.360. The van der Waals surface area contributed by atoms with Crippen LogP contribution in [-0.2, 0) is 4.74 Å². The van der Waals surface area contributed by atoms with E-state index >= 15 is 0 Å². The molecule has 5 nitrogen and oxygen atoms in total. The molecule has 1 amide bonds. The summed E-state index contributed by atoms with van der Waals surface area (Å²) < 4.78 is 19.0. The first-order valence-corrected chi connectivity index (χ1v) is 9.26. The molecular weight excluding hydrogens is 353 g/mol. The number of benzene rings is 1. The summed E-state index contributed by atoms with van der Waals surface area (Å²) in [7, 11) is 1.63. The molecule has 26 heavy (non-hydrogen) atoms. The van der Waals surface area contributed by atoms with Gasteiger partial charge in [-0.3, -0.25) is 9.89 Å². The molecule has 1 aliphatic rings. The van der Waals surface area contributed by atoms with E-state index in [2.05, 4.69) is 10.2 Å². The number of carbonyl (C=O) groups excluding carboxylic acids is 1.